The number of carbonyl (C=O) groups excluding carboxylic acids is 1. The summed E-state index contributed by atoms with van der Waals surface area (Å²) in [6.45, 7) is 6.30. The van der Waals surface area contributed by atoms with Gasteiger partial charge in [-0.15, -0.1) is 0 Å². The van der Waals surface area contributed by atoms with Crippen molar-refractivity contribution in [3.8, 4) is 0 Å². The summed E-state index contributed by atoms with van der Waals surface area (Å²) >= 11 is 0. The van der Waals surface area contributed by atoms with Crippen LogP contribution in [0.15, 0.2) is 23.3 Å². The summed E-state index contributed by atoms with van der Waals surface area (Å²) in [6, 6.07) is 0. The van der Waals surface area contributed by atoms with Gasteiger partial charge in [-0.25, -0.2) is 0 Å². The minimum absolute atomic E-state index is 0.236. The maximum Gasteiger partial charge on any atom is 0.155 e. The predicted octanol–water partition coefficient (Wildman–Crippen LogP) is 5.61. The van der Waals surface area contributed by atoms with Crippen LogP contribution in [0.4, 0.5) is 0 Å². The summed E-state index contributed by atoms with van der Waals surface area (Å²) in [5.74, 6) is 1.14. The second-order valence-corrected chi connectivity index (χ2v) is 6.04. The molecule has 0 aromatic heterocycles. The molecule has 0 aromatic carbocycles. The molecule has 1 aliphatic rings. The number of unbranched alkanes of at least 4 members (excludes halogenated alkanes) is 3. The van der Waals surface area contributed by atoms with Gasteiger partial charge in [-0.1, -0.05) is 63.7 Å². The van der Waals surface area contributed by atoms with Gasteiger partial charge in [-0.3, -0.25) is 4.79 Å². The third kappa shape index (κ3) is 6.75. The first kappa shape index (κ1) is 16.2. The van der Waals surface area contributed by atoms with Gasteiger partial charge in [0, 0.05) is 0 Å². The Kier molecular flexibility index (Phi) is 7.78. The molecule has 0 saturated heterocycles. The van der Waals surface area contributed by atoms with E-state index in [0.717, 1.165) is 24.3 Å². The van der Waals surface area contributed by atoms with Crippen LogP contribution < -0.4 is 0 Å². The summed E-state index contributed by atoms with van der Waals surface area (Å²) < 4.78 is 0. The Morgan fingerprint density at radius 1 is 1.16 bits per heavy atom. The van der Waals surface area contributed by atoms with E-state index in [1.807, 2.05) is 6.08 Å². The molecular weight excluding hydrogens is 232 g/mol. The lowest BCUT2D eigenvalue weighted by Gasteiger charge is -2.13. The van der Waals surface area contributed by atoms with Crippen LogP contribution in [-0.4, -0.2) is 5.78 Å². The van der Waals surface area contributed by atoms with E-state index in [1.54, 1.807) is 6.92 Å². The van der Waals surface area contributed by atoms with E-state index >= 15 is 0 Å². The van der Waals surface area contributed by atoms with Gasteiger partial charge in [0.05, 0.1) is 0 Å². The molecule has 108 valence electrons. The average Bonchev–Trinajstić information content (AvgIpc) is 2.42. The lowest BCUT2D eigenvalue weighted by atomic mass is 9.92. The molecular formula is C18H30O. The molecule has 0 heterocycles. The van der Waals surface area contributed by atoms with Crippen LogP contribution in [0.5, 0.6) is 0 Å². The Labute approximate surface area is 119 Å². The standard InChI is InChI=1S/C18H30O/c1-4-15(2)9-7-5-6-8-10-17-11-13-18(14-12-17)16(3)19/h11,13,15H,4-10,12,14H2,1-3H3. The third-order valence-corrected chi connectivity index (χ3v) is 4.33. The van der Waals surface area contributed by atoms with E-state index in [4.69, 9.17) is 0 Å². The van der Waals surface area contributed by atoms with Crippen molar-refractivity contribution in [2.24, 2.45) is 5.92 Å². The highest BCUT2D eigenvalue weighted by Gasteiger charge is 2.09. The zero-order valence-corrected chi connectivity index (χ0v) is 13.0. The quantitative estimate of drug-likeness (QED) is 0.494. The Morgan fingerprint density at radius 2 is 1.89 bits per heavy atom. The van der Waals surface area contributed by atoms with Gasteiger partial charge in [-0.2, -0.15) is 0 Å². The number of Topliss-reactive ketones (excluding diaryl/α,β-unsaturated/α-hetero) is 1. The van der Waals surface area contributed by atoms with Crippen molar-refractivity contribution in [1.82, 2.24) is 0 Å². The highest BCUT2D eigenvalue weighted by Crippen LogP contribution is 2.23. The number of carbonyl (C=O) groups is 1. The Bertz CT molecular complexity index is 336. The smallest absolute Gasteiger partial charge is 0.155 e. The van der Waals surface area contributed by atoms with E-state index in [0.29, 0.717) is 0 Å². The minimum Gasteiger partial charge on any atom is -0.295 e. The number of ketones is 1. The molecule has 0 amide bonds. The molecule has 1 rings (SSSR count). The second-order valence-electron chi connectivity index (χ2n) is 6.04. The van der Waals surface area contributed by atoms with Crippen molar-refractivity contribution in [2.45, 2.75) is 78.6 Å². The number of rotatable bonds is 9. The number of hydrogen-bond donors (Lipinski definition) is 0. The Morgan fingerprint density at radius 3 is 2.47 bits per heavy atom. The monoisotopic (exact) mass is 262 g/mol. The van der Waals surface area contributed by atoms with E-state index in [1.165, 1.54) is 50.5 Å². The van der Waals surface area contributed by atoms with Crippen LogP contribution in [0.1, 0.15) is 78.6 Å². The SMILES string of the molecule is CCC(C)CCCCCCC1=CC=C(C(C)=O)CC1. The maximum atomic E-state index is 11.2. The summed E-state index contributed by atoms with van der Waals surface area (Å²) in [4.78, 5) is 11.2. The van der Waals surface area contributed by atoms with Crippen LogP contribution in [0.2, 0.25) is 0 Å². The molecule has 0 saturated carbocycles. The number of allylic oxidation sites excluding steroid dienone is 4. The first-order valence-electron chi connectivity index (χ1n) is 8.03. The Hall–Kier alpha value is -0.850. The summed E-state index contributed by atoms with van der Waals surface area (Å²) in [5, 5.41) is 0. The van der Waals surface area contributed by atoms with Gasteiger partial charge in [-0.05, 0) is 44.1 Å². The van der Waals surface area contributed by atoms with Gasteiger partial charge < -0.3 is 0 Å². The van der Waals surface area contributed by atoms with E-state index in [-0.39, 0.29) is 5.78 Å². The molecule has 0 N–H and O–H groups in total. The topological polar surface area (TPSA) is 17.1 Å². The van der Waals surface area contributed by atoms with Crippen molar-refractivity contribution in [3.05, 3.63) is 23.3 Å². The molecule has 19 heavy (non-hydrogen) atoms. The highest BCUT2D eigenvalue weighted by atomic mass is 16.1. The van der Waals surface area contributed by atoms with E-state index in [9.17, 15) is 4.79 Å². The molecule has 1 nitrogen and oxygen atoms in total. The van der Waals surface area contributed by atoms with Gasteiger partial charge in [0.15, 0.2) is 5.78 Å². The largest absolute Gasteiger partial charge is 0.295 e. The fourth-order valence-corrected chi connectivity index (χ4v) is 2.58. The molecule has 0 fully saturated rings. The molecule has 0 bridgehead atoms. The molecule has 1 heteroatoms. The van der Waals surface area contributed by atoms with Crippen LogP contribution >= 0.6 is 0 Å². The summed E-state index contributed by atoms with van der Waals surface area (Å²) in [7, 11) is 0. The highest BCUT2D eigenvalue weighted by molar-refractivity contribution is 5.93. The lowest BCUT2D eigenvalue weighted by molar-refractivity contribution is -0.113. The maximum absolute atomic E-state index is 11.2. The van der Waals surface area contributed by atoms with Crippen molar-refractivity contribution in [3.63, 3.8) is 0 Å². The van der Waals surface area contributed by atoms with Crippen molar-refractivity contribution in [2.75, 3.05) is 0 Å². The number of hydrogen-bond acceptors (Lipinski definition) is 1. The normalized spacial score (nSPS) is 16.8. The van der Waals surface area contributed by atoms with Crippen molar-refractivity contribution >= 4 is 5.78 Å². The van der Waals surface area contributed by atoms with Crippen LogP contribution in [0, 0.1) is 5.92 Å². The molecule has 1 aliphatic carbocycles. The molecule has 1 unspecified atom stereocenters. The van der Waals surface area contributed by atoms with Gasteiger partial charge >= 0.3 is 0 Å². The second kappa shape index (κ2) is 9.12. The van der Waals surface area contributed by atoms with Gasteiger partial charge in [0.25, 0.3) is 0 Å². The first-order valence-corrected chi connectivity index (χ1v) is 8.03. The predicted molar refractivity (Wildman–Crippen MR) is 83.2 cm³/mol. The average molecular weight is 262 g/mol. The van der Waals surface area contributed by atoms with Crippen LogP contribution in [0.3, 0.4) is 0 Å². The zero-order chi connectivity index (χ0) is 14.1. The summed E-state index contributed by atoms with van der Waals surface area (Å²) in [6.07, 6.45) is 15.6. The molecule has 0 radical (unpaired) electrons. The molecule has 0 aliphatic heterocycles. The van der Waals surface area contributed by atoms with Crippen LogP contribution in [0.25, 0.3) is 0 Å². The Balaban J connectivity index is 2.09. The van der Waals surface area contributed by atoms with Crippen LogP contribution in [-0.2, 0) is 4.79 Å². The minimum atomic E-state index is 0.236. The fraction of sp³-hybridized carbons (Fsp3) is 0.722. The molecule has 1 atom stereocenters. The molecule has 0 aromatic rings. The van der Waals surface area contributed by atoms with Gasteiger partial charge in [0.2, 0.25) is 0 Å². The lowest BCUT2D eigenvalue weighted by Crippen LogP contribution is -2.01. The first-order chi connectivity index (χ1) is 9.13. The third-order valence-electron chi connectivity index (χ3n) is 4.33. The van der Waals surface area contributed by atoms with Crippen molar-refractivity contribution in [1.29, 1.82) is 0 Å². The fourth-order valence-electron chi connectivity index (χ4n) is 2.58. The van der Waals surface area contributed by atoms with E-state index < -0.39 is 0 Å². The zero-order valence-electron chi connectivity index (χ0n) is 13.0. The molecule has 0 spiro atoms. The van der Waals surface area contributed by atoms with Gasteiger partial charge in [0.1, 0.15) is 0 Å². The van der Waals surface area contributed by atoms with Crippen molar-refractivity contribution < 1.29 is 4.79 Å². The van der Waals surface area contributed by atoms with E-state index in [2.05, 4.69) is 19.9 Å². The summed E-state index contributed by atoms with van der Waals surface area (Å²) in [5.41, 5.74) is 2.53.